The minimum absolute atomic E-state index is 0. The quantitative estimate of drug-likeness (QED) is 0.796. The lowest BCUT2D eigenvalue weighted by Gasteiger charge is -2.39. The summed E-state index contributed by atoms with van der Waals surface area (Å²) < 4.78 is 0. The zero-order chi connectivity index (χ0) is 12.1. The molecule has 0 spiro atoms. The molecule has 102 valence electrons. The van der Waals surface area contributed by atoms with Crippen LogP contribution < -0.4 is 10.6 Å². The van der Waals surface area contributed by atoms with Crippen LogP contribution in [0.25, 0.3) is 0 Å². The van der Waals surface area contributed by atoms with Crippen LogP contribution in [-0.2, 0) is 4.79 Å². The Hall–Kier alpha value is -0.320. The van der Waals surface area contributed by atoms with Crippen LogP contribution in [0, 0.1) is 0 Å². The van der Waals surface area contributed by atoms with E-state index in [-0.39, 0.29) is 24.4 Å². The molecule has 1 rings (SSSR count). The van der Waals surface area contributed by atoms with E-state index >= 15 is 0 Å². The van der Waals surface area contributed by atoms with Crippen molar-refractivity contribution < 1.29 is 4.79 Å². The molecule has 4 nitrogen and oxygen atoms in total. The fourth-order valence-corrected chi connectivity index (χ4v) is 2.25. The molecule has 0 aromatic heterocycles. The maximum absolute atomic E-state index is 11.8. The van der Waals surface area contributed by atoms with Crippen LogP contribution >= 0.6 is 12.4 Å². The standard InChI is InChI=1S/C12H25N3O.ClH/c1-5-6-13-12(16)11(4)15-7-9(2)14-10(3)8-15;/h9-11,14H,5-8H2,1-4H3,(H,13,16);1H. The summed E-state index contributed by atoms with van der Waals surface area (Å²) in [5.74, 6) is 0.156. The molecule has 2 N–H and O–H groups in total. The van der Waals surface area contributed by atoms with E-state index in [1.807, 2.05) is 6.92 Å². The minimum atomic E-state index is -0.0152. The van der Waals surface area contributed by atoms with E-state index in [2.05, 4.69) is 36.3 Å². The van der Waals surface area contributed by atoms with Crippen LogP contribution in [0.5, 0.6) is 0 Å². The summed E-state index contributed by atoms with van der Waals surface area (Å²) >= 11 is 0. The first-order chi connectivity index (χ1) is 7.54. The van der Waals surface area contributed by atoms with Crippen molar-refractivity contribution in [3.8, 4) is 0 Å². The van der Waals surface area contributed by atoms with E-state index in [1.54, 1.807) is 0 Å². The first kappa shape index (κ1) is 16.7. The van der Waals surface area contributed by atoms with E-state index in [4.69, 9.17) is 0 Å². The third-order valence-electron chi connectivity index (χ3n) is 3.06. The molecular formula is C12H26ClN3O. The van der Waals surface area contributed by atoms with Gasteiger partial charge in [0, 0.05) is 31.7 Å². The lowest BCUT2D eigenvalue weighted by molar-refractivity contribution is -0.126. The highest BCUT2D eigenvalue weighted by Crippen LogP contribution is 2.08. The second-order valence-corrected chi connectivity index (χ2v) is 4.89. The van der Waals surface area contributed by atoms with E-state index in [0.29, 0.717) is 12.1 Å². The predicted molar refractivity (Wildman–Crippen MR) is 73.6 cm³/mol. The van der Waals surface area contributed by atoms with E-state index in [1.165, 1.54) is 0 Å². The fourth-order valence-electron chi connectivity index (χ4n) is 2.25. The second kappa shape index (κ2) is 7.90. The number of piperazine rings is 1. The third kappa shape index (κ3) is 5.23. The third-order valence-corrected chi connectivity index (χ3v) is 3.06. The molecule has 0 radical (unpaired) electrons. The van der Waals surface area contributed by atoms with E-state index in [0.717, 1.165) is 26.1 Å². The Bertz CT molecular complexity index is 228. The monoisotopic (exact) mass is 263 g/mol. The maximum atomic E-state index is 11.8. The Morgan fingerprint density at radius 1 is 1.41 bits per heavy atom. The Morgan fingerprint density at radius 3 is 2.41 bits per heavy atom. The van der Waals surface area contributed by atoms with Gasteiger partial charge in [0.15, 0.2) is 0 Å². The summed E-state index contributed by atoms with van der Waals surface area (Å²) in [6.45, 7) is 11.1. The van der Waals surface area contributed by atoms with Gasteiger partial charge in [-0.05, 0) is 27.2 Å². The molecule has 1 fully saturated rings. The highest BCUT2D eigenvalue weighted by atomic mass is 35.5. The molecule has 0 aromatic carbocycles. The van der Waals surface area contributed by atoms with E-state index < -0.39 is 0 Å². The number of halogens is 1. The van der Waals surface area contributed by atoms with Crippen molar-refractivity contribution >= 4 is 18.3 Å². The molecule has 1 amide bonds. The van der Waals surface area contributed by atoms with Crippen molar-refractivity contribution in [3.63, 3.8) is 0 Å². The SMILES string of the molecule is CCCNC(=O)C(C)N1CC(C)NC(C)C1.Cl. The molecule has 1 aliphatic rings. The molecular weight excluding hydrogens is 238 g/mol. The molecule has 5 heteroatoms. The van der Waals surface area contributed by atoms with Crippen LogP contribution in [0.3, 0.4) is 0 Å². The molecule has 1 heterocycles. The zero-order valence-electron chi connectivity index (χ0n) is 11.3. The molecule has 3 atom stereocenters. The maximum Gasteiger partial charge on any atom is 0.237 e. The van der Waals surface area contributed by atoms with Gasteiger partial charge in [0.1, 0.15) is 0 Å². The zero-order valence-corrected chi connectivity index (χ0v) is 12.1. The first-order valence-corrected chi connectivity index (χ1v) is 6.32. The second-order valence-electron chi connectivity index (χ2n) is 4.89. The summed E-state index contributed by atoms with van der Waals surface area (Å²) in [5.41, 5.74) is 0. The van der Waals surface area contributed by atoms with Crippen molar-refractivity contribution in [1.29, 1.82) is 0 Å². The average Bonchev–Trinajstić information content (AvgIpc) is 2.23. The molecule has 0 bridgehead atoms. The van der Waals surface area contributed by atoms with Gasteiger partial charge in [0.05, 0.1) is 6.04 Å². The highest BCUT2D eigenvalue weighted by molar-refractivity contribution is 5.85. The van der Waals surface area contributed by atoms with Gasteiger partial charge >= 0.3 is 0 Å². The van der Waals surface area contributed by atoms with Gasteiger partial charge in [-0.2, -0.15) is 0 Å². The van der Waals surface area contributed by atoms with Crippen molar-refractivity contribution in [2.24, 2.45) is 0 Å². The minimum Gasteiger partial charge on any atom is -0.355 e. The molecule has 3 unspecified atom stereocenters. The van der Waals surface area contributed by atoms with Gasteiger partial charge in [-0.1, -0.05) is 6.92 Å². The molecule has 17 heavy (non-hydrogen) atoms. The van der Waals surface area contributed by atoms with Crippen LogP contribution in [-0.4, -0.2) is 48.6 Å². The fraction of sp³-hybridized carbons (Fsp3) is 0.917. The van der Waals surface area contributed by atoms with E-state index in [9.17, 15) is 4.79 Å². The lowest BCUT2D eigenvalue weighted by Crippen LogP contribution is -2.59. The summed E-state index contributed by atoms with van der Waals surface area (Å²) in [5, 5.41) is 6.43. The van der Waals surface area contributed by atoms with Crippen molar-refractivity contribution in [2.45, 2.75) is 52.2 Å². The van der Waals surface area contributed by atoms with Gasteiger partial charge in [-0.25, -0.2) is 0 Å². The number of hydrogen-bond donors (Lipinski definition) is 2. The Labute approximate surface area is 111 Å². The van der Waals surface area contributed by atoms with Crippen LogP contribution in [0.2, 0.25) is 0 Å². The van der Waals surface area contributed by atoms with Crippen LogP contribution in [0.4, 0.5) is 0 Å². The summed E-state index contributed by atoms with van der Waals surface area (Å²) in [6, 6.07) is 0.911. The Balaban J connectivity index is 0.00000256. The average molecular weight is 264 g/mol. The number of amides is 1. The summed E-state index contributed by atoms with van der Waals surface area (Å²) in [4.78, 5) is 14.1. The molecule has 0 aliphatic carbocycles. The lowest BCUT2D eigenvalue weighted by atomic mass is 10.1. The van der Waals surface area contributed by atoms with Gasteiger partial charge in [0.25, 0.3) is 0 Å². The molecule has 1 aliphatic heterocycles. The predicted octanol–water partition coefficient (Wildman–Crippen LogP) is 1.01. The summed E-state index contributed by atoms with van der Waals surface area (Å²) in [6.07, 6.45) is 0.993. The molecule has 0 saturated carbocycles. The molecule has 1 saturated heterocycles. The number of rotatable bonds is 4. The molecule has 0 aromatic rings. The van der Waals surface area contributed by atoms with Crippen LogP contribution in [0.1, 0.15) is 34.1 Å². The summed E-state index contributed by atoms with van der Waals surface area (Å²) in [7, 11) is 0. The smallest absolute Gasteiger partial charge is 0.237 e. The number of carbonyl (C=O) groups excluding carboxylic acids is 1. The van der Waals surface area contributed by atoms with Crippen molar-refractivity contribution in [3.05, 3.63) is 0 Å². The Morgan fingerprint density at radius 2 is 1.94 bits per heavy atom. The van der Waals surface area contributed by atoms with Gasteiger partial charge in [-0.3, -0.25) is 9.69 Å². The normalized spacial score (nSPS) is 27.1. The first-order valence-electron chi connectivity index (χ1n) is 6.32. The number of carbonyl (C=O) groups is 1. The van der Waals surface area contributed by atoms with Crippen molar-refractivity contribution in [2.75, 3.05) is 19.6 Å². The van der Waals surface area contributed by atoms with Gasteiger partial charge < -0.3 is 10.6 Å². The van der Waals surface area contributed by atoms with Crippen LogP contribution in [0.15, 0.2) is 0 Å². The Kier molecular flexibility index (Phi) is 7.75. The highest BCUT2D eigenvalue weighted by Gasteiger charge is 2.27. The van der Waals surface area contributed by atoms with Gasteiger partial charge in [0.2, 0.25) is 5.91 Å². The van der Waals surface area contributed by atoms with Crippen molar-refractivity contribution in [1.82, 2.24) is 15.5 Å². The largest absolute Gasteiger partial charge is 0.355 e. The van der Waals surface area contributed by atoms with Gasteiger partial charge in [-0.15, -0.1) is 12.4 Å². The number of nitrogens with zero attached hydrogens (tertiary/aromatic N) is 1. The number of nitrogens with one attached hydrogen (secondary N) is 2. The topological polar surface area (TPSA) is 44.4 Å². The number of hydrogen-bond acceptors (Lipinski definition) is 3.